The summed E-state index contributed by atoms with van der Waals surface area (Å²) in [6.45, 7) is 14.7. The summed E-state index contributed by atoms with van der Waals surface area (Å²) >= 11 is 0. The van der Waals surface area contributed by atoms with E-state index in [0.717, 1.165) is 4.57 Å². The van der Waals surface area contributed by atoms with Crippen molar-refractivity contribution in [3.8, 4) is 16.9 Å². The molecule has 2 aliphatic heterocycles. The van der Waals surface area contributed by atoms with Gasteiger partial charge in [0, 0.05) is 13.3 Å². The first-order valence-corrected chi connectivity index (χ1v) is 15.7. The predicted octanol–water partition coefficient (Wildman–Crippen LogP) is 3.73. The molecule has 0 amide bonds. The number of hydrogen-bond donors (Lipinski definition) is 0. The Labute approximate surface area is 224 Å². The molecule has 0 radical (unpaired) electrons. The standard InChI is InChI=1S/C27H40N2O8Si/c1-26(2,3)38(8,9)34-15-20-21-22(37-27(4,5)36-21)24(35-20)28-14-19(17-10-12-18(33-7)13-11-17)23(30)29(16-32-6)25(28)31/h10-14,20-22,24H,15-16H2,1-9H3/t20-,21-,22-,24-/m1/s1. The van der Waals surface area contributed by atoms with Gasteiger partial charge in [0.15, 0.2) is 20.3 Å². The van der Waals surface area contributed by atoms with Crippen molar-refractivity contribution in [2.75, 3.05) is 20.8 Å². The van der Waals surface area contributed by atoms with Crippen LogP contribution in [0.1, 0.15) is 40.8 Å². The van der Waals surface area contributed by atoms with Crippen LogP contribution in [-0.2, 0) is 30.1 Å². The molecular weight excluding hydrogens is 508 g/mol. The number of benzene rings is 1. The van der Waals surface area contributed by atoms with Gasteiger partial charge in [0.2, 0.25) is 0 Å². The van der Waals surface area contributed by atoms with E-state index >= 15 is 0 Å². The number of ether oxygens (including phenoxy) is 5. The summed E-state index contributed by atoms with van der Waals surface area (Å²) in [6, 6.07) is 7.07. The average Bonchev–Trinajstić information content (AvgIpc) is 3.33. The highest BCUT2D eigenvalue weighted by atomic mass is 28.4. The largest absolute Gasteiger partial charge is 0.497 e. The second kappa shape index (κ2) is 10.4. The minimum atomic E-state index is -2.07. The molecule has 210 valence electrons. The molecule has 11 heteroatoms. The first-order chi connectivity index (χ1) is 17.7. The molecule has 2 fully saturated rings. The second-order valence-electron chi connectivity index (χ2n) is 11.8. The van der Waals surface area contributed by atoms with Gasteiger partial charge in [-0.2, -0.15) is 0 Å². The molecule has 0 unspecified atom stereocenters. The Bertz CT molecular complexity index is 1260. The zero-order valence-electron chi connectivity index (χ0n) is 23.8. The van der Waals surface area contributed by atoms with Gasteiger partial charge in [-0.1, -0.05) is 32.9 Å². The third-order valence-corrected chi connectivity index (χ3v) is 12.2. The molecule has 4 atom stereocenters. The fraction of sp³-hybridized carbons (Fsp3) is 0.630. The SMILES string of the molecule is COCn1c(=O)c(-c2ccc(OC)cc2)cn([C@@H]2O[C@H](CO[Si](C)(C)C(C)(C)C)[C@H]3OC(C)(C)O[C@H]32)c1=O. The lowest BCUT2D eigenvalue weighted by Gasteiger charge is -2.37. The van der Waals surface area contributed by atoms with E-state index in [1.807, 2.05) is 13.8 Å². The maximum Gasteiger partial charge on any atom is 0.335 e. The van der Waals surface area contributed by atoms with E-state index in [1.54, 1.807) is 31.4 Å². The van der Waals surface area contributed by atoms with E-state index in [2.05, 4.69) is 33.9 Å². The van der Waals surface area contributed by atoms with Gasteiger partial charge in [0.1, 0.15) is 30.8 Å². The van der Waals surface area contributed by atoms with Gasteiger partial charge >= 0.3 is 5.69 Å². The summed E-state index contributed by atoms with van der Waals surface area (Å²) in [5.41, 5.74) is -0.0686. The van der Waals surface area contributed by atoms with E-state index in [-0.39, 0.29) is 11.8 Å². The highest BCUT2D eigenvalue weighted by Gasteiger charge is 2.56. The number of rotatable bonds is 8. The smallest absolute Gasteiger partial charge is 0.335 e. The summed E-state index contributed by atoms with van der Waals surface area (Å²) < 4.78 is 38.3. The van der Waals surface area contributed by atoms with Crippen LogP contribution in [0.5, 0.6) is 5.75 Å². The van der Waals surface area contributed by atoms with Crippen molar-refractivity contribution in [3.05, 3.63) is 51.3 Å². The lowest BCUT2D eigenvalue weighted by Crippen LogP contribution is -2.44. The van der Waals surface area contributed by atoms with Crippen molar-refractivity contribution in [2.45, 2.75) is 89.8 Å². The van der Waals surface area contributed by atoms with Gasteiger partial charge in [-0.05, 0) is 49.7 Å². The van der Waals surface area contributed by atoms with Crippen LogP contribution in [0.15, 0.2) is 40.1 Å². The van der Waals surface area contributed by atoms with E-state index < -0.39 is 49.9 Å². The average molecular weight is 549 g/mol. The topological polar surface area (TPSA) is 99.4 Å². The Morgan fingerprint density at radius 1 is 1.03 bits per heavy atom. The van der Waals surface area contributed by atoms with Crippen LogP contribution in [0.4, 0.5) is 0 Å². The van der Waals surface area contributed by atoms with Gasteiger partial charge < -0.3 is 28.1 Å². The Morgan fingerprint density at radius 2 is 1.66 bits per heavy atom. The highest BCUT2D eigenvalue weighted by Crippen LogP contribution is 2.44. The molecule has 2 saturated heterocycles. The number of fused-ring (bicyclic) bond motifs is 1. The Morgan fingerprint density at radius 3 is 2.24 bits per heavy atom. The van der Waals surface area contributed by atoms with E-state index in [9.17, 15) is 9.59 Å². The first-order valence-electron chi connectivity index (χ1n) is 12.8. The van der Waals surface area contributed by atoms with Crippen LogP contribution >= 0.6 is 0 Å². The van der Waals surface area contributed by atoms with Crippen LogP contribution in [-0.4, -0.2) is 62.4 Å². The van der Waals surface area contributed by atoms with E-state index in [1.165, 1.54) is 17.9 Å². The zero-order valence-corrected chi connectivity index (χ0v) is 24.8. The molecule has 3 heterocycles. The van der Waals surface area contributed by atoms with Crippen molar-refractivity contribution in [1.29, 1.82) is 0 Å². The number of hydrogen-bond acceptors (Lipinski definition) is 8. The molecule has 10 nitrogen and oxygen atoms in total. The molecule has 0 spiro atoms. The van der Waals surface area contributed by atoms with E-state index in [0.29, 0.717) is 23.5 Å². The fourth-order valence-corrected chi connectivity index (χ4v) is 5.55. The highest BCUT2D eigenvalue weighted by molar-refractivity contribution is 6.74. The summed E-state index contributed by atoms with van der Waals surface area (Å²) in [6.07, 6.45) is -0.776. The Kier molecular flexibility index (Phi) is 7.83. The second-order valence-corrected chi connectivity index (χ2v) is 16.6. The van der Waals surface area contributed by atoms with Crippen LogP contribution in [0.25, 0.3) is 11.1 Å². The Balaban J connectivity index is 1.76. The van der Waals surface area contributed by atoms with Gasteiger partial charge in [-0.15, -0.1) is 0 Å². The van der Waals surface area contributed by atoms with Crippen molar-refractivity contribution in [2.24, 2.45) is 0 Å². The van der Waals surface area contributed by atoms with Gasteiger partial charge in [0.05, 0.1) is 19.3 Å². The van der Waals surface area contributed by atoms with E-state index in [4.69, 9.17) is 28.1 Å². The molecule has 0 saturated carbocycles. The molecule has 0 bridgehead atoms. The molecule has 0 aliphatic carbocycles. The molecule has 2 aromatic rings. The summed E-state index contributed by atoms with van der Waals surface area (Å²) in [5.74, 6) is -0.208. The van der Waals surface area contributed by atoms with Crippen LogP contribution in [0, 0.1) is 0 Å². The Hall–Kier alpha value is -2.28. The summed E-state index contributed by atoms with van der Waals surface area (Å²) in [4.78, 5) is 26.9. The minimum absolute atomic E-state index is 0.0244. The quantitative estimate of drug-likeness (QED) is 0.460. The third kappa shape index (κ3) is 5.40. The van der Waals surface area contributed by atoms with Crippen LogP contribution in [0.2, 0.25) is 18.1 Å². The number of aromatic nitrogens is 2. The monoisotopic (exact) mass is 548 g/mol. The lowest BCUT2D eigenvalue weighted by molar-refractivity contribution is -0.200. The van der Waals surface area contributed by atoms with Crippen LogP contribution in [0.3, 0.4) is 0 Å². The fourth-order valence-electron chi connectivity index (χ4n) is 4.54. The van der Waals surface area contributed by atoms with Crippen molar-refractivity contribution in [3.63, 3.8) is 0 Å². The van der Waals surface area contributed by atoms with Crippen LogP contribution < -0.4 is 16.0 Å². The van der Waals surface area contributed by atoms with Gasteiger partial charge in [0.25, 0.3) is 5.56 Å². The summed E-state index contributed by atoms with van der Waals surface area (Å²) in [5, 5.41) is 0.0244. The molecular formula is C27H40N2O8Si. The van der Waals surface area contributed by atoms with Gasteiger partial charge in [-0.3, -0.25) is 9.36 Å². The van der Waals surface area contributed by atoms with Crippen molar-refractivity contribution >= 4 is 8.32 Å². The number of nitrogens with zero attached hydrogens (tertiary/aromatic N) is 2. The molecule has 1 aromatic carbocycles. The molecule has 0 N–H and O–H groups in total. The lowest BCUT2D eigenvalue weighted by atomic mass is 10.1. The zero-order chi connectivity index (χ0) is 28.0. The first kappa shape index (κ1) is 28.7. The molecule has 38 heavy (non-hydrogen) atoms. The summed E-state index contributed by atoms with van der Waals surface area (Å²) in [7, 11) is 0.939. The molecule has 1 aromatic heterocycles. The van der Waals surface area contributed by atoms with Crippen molar-refractivity contribution in [1.82, 2.24) is 9.13 Å². The molecule has 2 aliphatic rings. The maximum absolute atomic E-state index is 13.6. The molecule has 4 rings (SSSR count). The third-order valence-electron chi connectivity index (χ3n) is 7.67. The minimum Gasteiger partial charge on any atom is -0.497 e. The predicted molar refractivity (Wildman–Crippen MR) is 145 cm³/mol. The van der Waals surface area contributed by atoms with Gasteiger partial charge in [-0.25, -0.2) is 9.36 Å². The number of methoxy groups -OCH3 is 2. The normalized spacial score (nSPS) is 25.0. The maximum atomic E-state index is 13.6. The van der Waals surface area contributed by atoms with Crippen molar-refractivity contribution < 1.29 is 28.1 Å².